The zero-order valence-electron chi connectivity index (χ0n) is 18.0. The van der Waals surface area contributed by atoms with Gasteiger partial charge in [0, 0.05) is 24.8 Å². The van der Waals surface area contributed by atoms with Crippen molar-refractivity contribution in [3.05, 3.63) is 95.9 Å². The second-order valence-electron chi connectivity index (χ2n) is 8.17. The van der Waals surface area contributed by atoms with E-state index in [9.17, 15) is 9.59 Å². The molecule has 0 radical (unpaired) electrons. The third-order valence-corrected chi connectivity index (χ3v) is 6.22. The molecule has 1 aliphatic rings. The molecule has 1 saturated heterocycles. The number of likely N-dealkylation sites (tertiary alicyclic amines) is 1. The lowest BCUT2D eigenvalue weighted by Crippen LogP contribution is -2.42. The maximum atomic E-state index is 15.1. The van der Waals surface area contributed by atoms with Gasteiger partial charge in [0.1, 0.15) is 5.82 Å². The maximum Gasteiger partial charge on any atom is 0.334 e. The molecule has 0 spiro atoms. The molecule has 4 aromatic rings. The molecular formula is C26H23FN4O2. The average Bonchev–Trinajstić information content (AvgIpc) is 3.15. The lowest BCUT2D eigenvalue weighted by molar-refractivity contribution is -0.127. The van der Waals surface area contributed by atoms with Crippen LogP contribution >= 0.6 is 0 Å². The minimum atomic E-state index is -0.407. The Morgan fingerprint density at radius 2 is 1.94 bits per heavy atom. The van der Waals surface area contributed by atoms with E-state index in [-0.39, 0.29) is 17.6 Å². The Kier molecular flexibility index (Phi) is 5.38. The first-order chi connectivity index (χ1) is 16.1. The first-order valence-electron chi connectivity index (χ1n) is 10.9. The Balaban J connectivity index is 1.62. The van der Waals surface area contributed by atoms with Crippen molar-refractivity contribution in [1.29, 1.82) is 0 Å². The predicted molar refractivity (Wildman–Crippen MR) is 126 cm³/mol. The van der Waals surface area contributed by atoms with Crippen molar-refractivity contribution in [3.63, 3.8) is 0 Å². The van der Waals surface area contributed by atoms with Crippen LogP contribution in [0.15, 0.2) is 84.4 Å². The van der Waals surface area contributed by atoms with Crippen molar-refractivity contribution < 1.29 is 9.18 Å². The molecule has 166 valence electrons. The van der Waals surface area contributed by atoms with Crippen LogP contribution in [-0.4, -0.2) is 38.0 Å². The molecule has 0 unspecified atom stereocenters. The summed E-state index contributed by atoms with van der Waals surface area (Å²) in [6, 6.07) is 15.7. The highest BCUT2D eigenvalue weighted by atomic mass is 19.1. The van der Waals surface area contributed by atoms with Crippen LogP contribution in [0.4, 0.5) is 4.39 Å². The Morgan fingerprint density at radius 3 is 2.70 bits per heavy atom. The molecule has 33 heavy (non-hydrogen) atoms. The second-order valence-corrected chi connectivity index (χ2v) is 8.17. The number of carbonyl (C=O) groups is 1. The summed E-state index contributed by atoms with van der Waals surface area (Å²) in [5.74, 6) is -0.549. The minimum absolute atomic E-state index is 0.142. The number of piperidine rings is 1. The topological polar surface area (TPSA) is 60.1 Å². The standard InChI is InChI=1S/C26H23FN4O2/c1-2-25(32)29-14-6-9-20(17-29)31-23-12-13-28-16-24(23)30(26(31)33)19-10-11-21(22(27)15-19)18-7-4-3-5-8-18/h2-5,7-8,10-13,15-16,20H,1,6,9,14,17H2/t20-/m1/s1. The molecule has 2 aromatic heterocycles. The van der Waals surface area contributed by atoms with Crippen LogP contribution < -0.4 is 5.69 Å². The Labute approximate surface area is 190 Å². The number of hydrogen-bond acceptors (Lipinski definition) is 3. The summed E-state index contributed by atoms with van der Waals surface area (Å²) >= 11 is 0. The van der Waals surface area contributed by atoms with Crippen molar-refractivity contribution in [1.82, 2.24) is 19.0 Å². The molecule has 7 heteroatoms. The molecule has 1 fully saturated rings. The van der Waals surface area contributed by atoms with E-state index in [1.54, 1.807) is 40.1 Å². The predicted octanol–water partition coefficient (Wildman–Crippen LogP) is 4.34. The lowest BCUT2D eigenvalue weighted by Gasteiger charge is -2.32. The van der Waals surface area contributed by atoms with Crippen LogP contribution in [0.25, 0.3) is 27.8 Å². The normalized spacial score (nSPS) is 16.2. The van der Waals surface area contributed by atoms with E-state index in [0.29, 0.717) is 35.4 Å². The van der Waals surface area contributed by atoms with E-state index in [0.717, 1.165) is 18.4 Å². The summed E-state index contributed by atoms with van der Waals surface area (Å²) in [5, 5.41) is 0. The second kappa shape index (κ2) is 8.50. The number of halogens is 1. The molecule has 0 bridgehead atoms. The van der Waals surface area contributed by atoms with Gasteiger partial charge in [-0.2, -0.15) is 0 Å². The van der Waals surface area contributed by atoms with Gasteiger partial charge >= 0.3 is 5.69 Å². The number of benzene rings is 2. The Bertz CT molecular complexity index is 1410. The molecule has 5 rings (SSSR count). The van der Waals surface area contributed by atoms with Gasteiger partial charge in [-0.25, -0.2) is 9.18 Å². The average molecular weight is 442 g/mol. The molecule has 0 N–H and O–H groups in total. The number of aromatic nitrogens is 3. The number of hydrogen-bond donors (Lipinski definition) is 0. The van der Waals surface area contributed by atoms with Gasteiger partial charge in [0.15, 0.2) is 0 Å². The highest BCUT2D eigenvalue weighted by Crippen LogP contribution is 2.28. The van der Waals surface area contributed by atoms with Gasteiger partial charge in [0.2, 0.25) is 5.91 Å². The minimum Gasteiger partial charge on any atom is -0.337 e. The number of fused-ring (bicyclic) bond motifs is 1. The quantitative estimate of drug-likeness (QED) is 0.442. The highest BCUT2D eigenvalue weighted by Gasteiger charge is 2.28. The number of rotatable bonds is 4. The zero-order chi connectivity index (χ0) is 22.9. The van der Waals surface area contributed by atoms with E-state index < -0.39 is 5.82 Å². The van der Waals surface area contributed by atoms with Crippen molar-refractivity contribution in [2.75, 3.05) is 13.1 Å². The van der Waals surface area contributed by atoms with E-state index in [2.05, 4.69) is 11.6 Å². The van der Waals surface area contributed by atoms with Crippen molar-refractivity contribution in [2.45, 2.75) is 18.9 Å². The van der Waals surface area contributed by atoms with Crippen molar-refractivity contribution in [3.8, 4) is 16.8 Å². The molecule has 3 heterocycles. The number of carbonyl (C=O) groups excluding carboxylic acids is 1. The highest BCUT2D eigenvalue weighted by molar-refractivity contribution is 5.87. The van der Waals surface area contributed by atoms with Gasteiger partial charge in [-0.1, -0.05) is 36.9 Å². The summed E-state index contributed by atoms with van der Waals surface area (Å²) in [4.78, 5) is 31.7. The molecule has 6 nitrogen and oxygen atoms in total. The van der Waals surface area contributed by atoms with Gasteiger partial charge in [-0.15, -0.1) is 0 Å². The largest absolute Gasteiger partial charge is 0.337 e. The van der Waals surface area contributed by atoms with E-state index in [1.165, 1.54) is 16.7 Å². The third kappa shape index (κ3) is 3.65. The summed E-state index contributed by atoms with van der Waals surface area (Å²) < 4.78 is 18.3. The van der Waals surface area contributed by atoms with Crippen molar-refractivity contribution in [2.24, 2.45) is 0 Å². The lowest BCUT2D eigenvalue weighted by atomic mass is 10.0. The molecule has 1 aliphatic heterocycles. The molecule has 1 amide bonds. The maximum absolute atomic E-state index is 15.1. The van der Waals surface area contributed by atoms with Crippen LogP contribution in [-0.2, 0) is 4.79 Å². The zero-order valence-corrected chi connectivity index (χ0v) is 18.0. The number of pyridine rings is 1. The van der Waals surface area contributed by atoms with Crippen LogP contribution in [0.2, 0.25) is 0 Å². The van der Waals surface area contributed by atoms with Crippen LogP contribution in [0.3, 0.4) is 0 Å². The molecule has 0 saturated carbocycles. The van der Waals surface area contributed by atoms with E-state index in [1.807, 2.05) is 30.3 Å². The van der Waals surface area contributed by atoms with E-state index >= 15 is 4.39 Å². The van der Waals surface area contributed by atoms with Gasteiger partial charge in [0.25, 0.3) is 0 Å². The van der Waals surface area contributed by atoms with E-state index in [4.69, 9.17) is 0 Å². The summed E-state index contributed by atoms with van der Waals surface area (Å²) in [6.07, 6.45) is 6.11. The number of imidazole rings is 1. The van der Waals surface area contributed by atoms with Crippen LogP contribution in [0.5, 0.6) is 0 Å². The monoisotopic (exact) mass is 442 g/mol. The number of amides is 1. The van der Waals surface area contributed by atoms with Gasteiger partial charge in [0.05, 0.1) is 29.0 Å². The summed E-state index contributed by atoms with van der Waals surface area (Å²) in [7, 11) is 0. The summed E-state index contributed by atoms with van der Waals surface area (Å²) in [6.45, 7) is 4.64. The van der Waals surface area contributed by atoms with Gasteiger partial charge in [-0.05, 0) is 48.7 Å². The fourth-order valence-electron chi connectivity index (χ4n) is 4.66. The van der Waals surface area contributed by atoms with Crippen LogP contribution in [0.1, 0.15) is 18.9 Å². The first-order valence-corrected chi connectivity index (χ1v) is 10.9. The molecule has 2 aromatic carbocycles. The van der Waals surface area contributed by atoms with Gasteiger partial charge < -0.3 is 4.90 Å². The SMILES string of the molecule is C=CC(=O)N1CCC[C@@H](n2c(=O)n(-c3ccc(-c4ccccc4)c(F)c3)c3cnccc32)C1. The first kappa shape index (κ1) is 20.9. The fraction of sp³-hybridized carbons (Fsp3) is 0.192. The molecular weight excluding hydrogens is 419 g/mol. The smallest absolute Gasteiger partial charge is 0.334 e. The Hall–Kier alpha value is -4.00. The van der Waals surface area contributed by atoms with Gasteiger partial charge in [-0.3, -0.25) is 18.9 Å². The molecule has 0 aliphatic carbocycles. The molecule has 1 atom stereocenters. The fourth-order valence-corrected chi connectivity index (χ4v) is 4.66. The Morgan fingerprint density at radius 1 is 1.12 bits per heavy atom. The third-order valence-electron chi connectivity index (χ3n) is 6.22. The number of nitrogens with zero attached hydrogens (tertiary/aromatic N) is 4. The van der Waals surface area contributed by atoms with Crippen LogP contribution in [0, 0.1) is 5.82 Å². The van der Waals surface area contributed by atoms with Crippen molar-refractivity contribution >= 4 is 16.9 Å². The summed E-state index contributed by atoms with van der Waals surface area (Å²) in [5.41, 5.74) is 2.71.